The fraction of sp³-hybridized carbons (Fsp3) is 1.00. The van der Waals surface area contributed by atoms with E-state index in [4.69, 9.17) is 5.73 Å². The molecule has 3 unspecified atom stereocenters. The van der Waals surface area contributed by atoms with Crippen molar-refractivity contribution in [2.24, 2.45) is 17.6 Å². The average Bonchev–Trinajstić information content (AvgIpc) is 2.59. The Kier molecular flexibility index (Phi) is 5.77. The second kappa shape index (κ2) is 6.61. The van der Waals surface area contributed by atoms with Gasteiger partial charge in [0.25, 0.3) is 0 Å². The summed E-state index contributed by atoms with van der Waals surface area (Å²) in [6.45, 7) is 8.16. The Morgan fingerprint density at radius 3 is 2.44 bits per heavy atom. The van der Waals surface area contributed by atoms with Gasteiger partial charge in [0.15, 0.2) is 0 Å². The van der Waals surface area contributed by atoms with Crippen LogP contribution in [0.1, 0.15) is 52.9 Å². The summed E-state index contributed by atoms with van der Waals surface area (Å²) in [5, 5.41) is 0. The van der Waals surface area contributed by atoms with Gasteiger partial charge in [-0.25, -0.2) is 0 Å². The van der Waals surface area contributed by atoms with Gasteiger partial charge in [0.05, 0.1) is 0 Å². The number of rotatable bonds is 6. The standard InChI is InChI=1S/C14H30N2/c1-11(2)10-12(3)16(4)9-8-13-6-5-7-14(13)15/h11-14H,5-10,15H2,1-4H3. The van der Waals surface area contributed by atoms with E-state index in [1.54, 1.807) is 0 Å². The molecule has 0 bridgehead atoms. The topological polar surface area (TPSA) is 29.3 Å². The predicted molar refractivity (Wildman–Crippen MR) is 71.5 cm³/mol. The van der Waals surface area contributed by atoms with Crippen LogP contribution in [0.4, 0.5) is 0 Å². The molecule has 2 heteroatoms. The molecular formula is C14H30N2. The quantitative estimate of drug-likeness (QED) is 0.754. The average molecular weight is 226 g/mol. The lowest BCUT2D eigenvalue weighted by molar-refractivity contribution is 0.210. The summed E-state index contributed by atoms with van der Waals surface area (Å²) in [5.74, 6) is 1.58. The smallest absolute Gasteiger partial charge is 0.00676 e. The van der Waals surface area contributed by atoms with Crippen molar-refractivity contribution in [2.75, 3.05) is 13.6 Å². The van der Waals surface area contributed by atoms with Crippen molar-refractivity contribution in [3.63, 3.8) is 0 Å². The van der Waals surface area contributed by atoms with Crippen molar-refractivity contribution in [2.45, 2.75) is 65.0 Å². The molecule has 16 heavy (non-hydrogen) atoms. The van der Waals surface area contributed by atoms with Crippen molar-refractivity contribution >= 4 is 0 Å². The van der Waals surface area contributed by atoms with Gasteiger partial charge >= 0.3 is 0 Å². The van der Waals surface area contributed by atoms with Crippen molar-refractivity contribution in [1.82, 2.24) is 4.90 Å². The Morgan fingerprint density at radius 1 is 1.25 bits per heavy atom. The van der Waals surface area contributed by atoms with Gasteiger partial charge in [-0.1, -0.05) is 20.3 Å². The molecule has 1 rings (SSSR count). The first-order chi connectivity index (χ1) is 7.50. The summed E-state index contributed by atoms with van der Waals surface area (Å²) in [6, 6.07) is 1.19. The maximum absolute atomic E-state index is 6.10. The molecule has 0 radical (unpaired) electrons. The molecule has 0 amide bonds. The molecule has 0 saturated heterocycles. The third-order valence-electron chi connectivity index (χ3n) is 4.14. The van der Waals surface area contributed by atoms with Crippen LogP contribution in [0.25, 0.3) is 0 Å². The molecule has 0 spiro atoms. The van der Waals surface area contributed by atoms with Crippen LogP contribution in [0.15, 0.2) is 0 Å². The third-order valence-corrected chi connectivity index (χ3v) is 4.14. The maximum Gasteiger partial charge on any atom is 0.00676 e. The first-order valence-electron chi connectivity index (χ1n) is 6.96. The zero-order chi connectivity index (χ0) is 12.1. The third kappa shape index (κ3) is 4.42. The van der Waals surface area contributed by atoms with Crippen LogP contribution in [-0.4, -0.2) is 30.6 Å². The minimum Gasteiger partial charge on any atom is -0.327 e. The Labute approximate surface area is 102 Å². The Morgan fingerprint density at radius 2 is 1.94 bits per heavy atom. The first-order valence-corrected chi connectivity index (χ1v) is 6.96. The largest absolute Gasteiger partial charge is 0.327 e. The van der Waals surface area contributed by atoms with Gasteiger partial charge in [0.2, 0.25) is 0 Å². The van der Waals surface area contributed by atoms with Crippen LogP contribution in [0, 0.1) is 11.8 Å². The molecule has 0 aliphatic heterocycles. The monoisotopic (exact) mass is 226 g/mol. The minimum atomic E-state index is 0.480. The summed E-state index contributed by atoms with van der Waals surface area (Å²) in [5.41, 5.74) is 6.10. The highest BCUT2D eigenvalue weighted by atomic mass is 15.1. The molecule has 1 aliphatic carbocycles. The van der Waals surface area contributed by atoms with E-state index >= 15 is 0 Å². The lowest BCUT2D eigenvalue weighted by Crippen LogP contribution is -2.34. The summed E-state index contributed by atoms with van der Waals surface area (Å²) in [4.78, 5) is 2.50. The van der Waals surface area contributed by atoms with E-state index in [2.05, 4.69) is 32.7 Å². The van der Waals surface area contributed by atoms with E-state index in [1.807, 2.05) is 0 Å². The van der Waals surface area contributed by atoms with Crippen molar-refractivity contribution in [3.05, 3.63) is 0 Å². The Hall–Kier alpha value is -0.0800. The maximum atomic E-state index is 6.10. The molecule has 0 aromatic carbocycles. The predicted octanol–water partition coefficient (Wildman–Crippen LogP) is 2.87. The number of hydrogen-bond donors (Lipinski definition) is 1. The molecular weight excluding hydrogens is 196 g/mol. The Bertz CT molecular complexity index is 191. The number of hydrogen-bond acceptors (Lipinski definition) is 2. The van der Waals surface area contributed by atoms with E-state index in [-0.39, 0.29) is 0 Å². The van der Waals surface area contributed by atoms with Gasteiger partial charge in [-0.3, -0.25) is 0 Å². The zero-order valence-electron chi connectivity index (χ0n) is 11.6. The second-order valence-corrected chi connectivity index (χ2v) is 6.10. The highest BCUT2D eigenvalue weighted by Gasteiger charge is 2.24. The van der Waals surface area contributed by atoms with E-state index in [0.29, 0.717) is 12.1 Å². The van der Waals surface area contributed by atoms with E-state index in [0.717, 1.165) is 11.8 Å². The van der Waals surface area contributed by atoms with E-state index in [9.17, 15) is 0 Å². The number of nitrogens with two attached hydrogens (primary N) is 1. The van der Waals surface area contributed by atoms with Crippen molar-refractivity contribution < 1.29 is 0 Å². The van der Waals surface area contributed by atoms with Crippen LogP contribution in [0.2, 0.25) is 0 Å². The Balaban J connectivity index is 2.20. The highest BCUT2D eigenvalue weighted by Crippen LogP contribution is 2.27. The molecule has 0 aromatic heterocycles. The molecule has 96 valence electrons. The lowest BCUT2D eigenvalue weighted by atomic mass is 9.99. The van der Waals surface area contributed by atoms with Gasteiger partial charge in [0, 0.05) is 12.1 Å². The molecule has 0 aromatic rings. The summed E-state index contributed by atoms with van der Waals surface area (Å²) in [7, 11) is 2.26. The molecule has 2 nitrogen and oxygen atoms in total. The first kappa shape index (κ1) is 14.0. The molecule has 1 fully saturated rings. The molecule has 1 saturated carbocycles. The van der Waals surface area contributed by atoms with E-state index in [1.165, 1.54) is 38.6 Å². The van der Waals surface area contributed by atoms with E-state index < -0.39 is 0 Å². The van der Waals surface area contributed by atoms with Gasteiger partial charge in [-0.05, 0) is 58.0 Å². The van der Waals surface area contributed by atoms with Crippen LogP contribution in [0.5, 0.6) is 0 Å². The van der Waals surface area contributed by atoms with Gasteiger partial charge < -0.3 is 10.6 Å². The summed E-state index contributed by atoms with van der Waals surface area (Å²) < 4.78 is 0. The second-order valence-electron chi connectivity index (χ2n) is 6.10. The molecule has 1 aliphatic rings. The SMILES string of the molecule is CC(C)CC(C)N(C)CCC1CCCC1N. The van der Waals surface area contributed by atoms with Gasteiger partial charge in [0.1, 0.15) is 0 Å². The lowest BCUT2D eigenvalue weighted by Gasteiger charge is -2.28. The van der Waals surface area contributed by atoms with Gasteiger partial charge in [-0.15, -0.1) is 0 Å². The summed E-state index contributed by atoms with van der Waals surface area (Å²) in [6.07, 6.45) is 6.54. The van der Waals surface area contributed by atoms with Crippen molar-refractivity contribution in [3.8, 4) is 0 Å². The van der Waals surface area contributed by atoms with Gasteiger partial charge in [-0.2, -0.15) is 0 Å². The normalized spacial score (nSPS) is 27.9. The molecule has 0 heterocycles. The van der Waals surface area contributed by atoms with Crippen LogP contribution in [0.3, 0.4) is 0 Å². The summed E-state index contributed by atoms with van der Waals surface area (Å²) >= 11 is 0. The fourth-order valence-corrected chi connectivity index (χ4v) is 2.88. The molecule has 2 N–H and O–H groups in total. The highest BCUT2D eigenvalue weighted by molar-refractivity contribution is 4.81. The fourth-order valence-electron chi connectivity index (χ4n) is 2.88. The van der Waals surface area contributed by atoms with Crippen molar-refractivity contribution in [1.29, 1.82) is 0 Å². The zero-order valence-corrected chi connectivity index (χ0v) is 11.6. The van der Waals surface area contributed by atoms with Crippen LogP contribution >= 0.6 is 0 Å². The van der Waals surface area contributed by atoms with Crippen LogP contribution < -0.4 is 5.73 Å². The number of nitrogens with zero attached hydrogens (tertiary/aromatic N) is 1. The molecule has 3 atom stereocenters. The minimum absolute atomic E-state index is 0.480. The van der Waals surface area contributed by atoms with Crippen LogP contribution in [-0.2, 0) is 0 Å².